The Balaban J connectivity index is 1.75. The van der Waals surface area contributed by atoms with Gasteiger partial charge >= 0.3 is 5.97 Å². The van der Waals surface area contributed by atoms with Gasteiger partial charge in [0.05, 0.1) is 24.6 Å². The third kappa shape index (κ3) is 5.32. The molecule has 2 N–H and O–H groups in total. The summed E-state index contributed by atoms with van der Waals surface area (Å²) in [7, 11) is 0. The summed E-state index contributed by atoms with van der Waals surface area (Å²) < 4.78 is 5.53. The van der Waals surface area contributed by atoms with Crippen LogP contribution in [0.3, 0.4) is 0 Å². The molecule has 6 nitrogen and oxygen atoms in total. The van der Waals surface area contributed by atoms with Crippen LogP contribution in [0.4, 0.5) is 5.82 Å². The highest BCUT2D eigenvalue weighted by atomic mass is 16.5. The zero-order valence-corrected chi connectivity index (χ0v) is 11.3. The molecule has 0 amide bonds. The monoisotopic (exact) mass is 285 g/mol. The predicted octanol–water partition coefficient (Wildman–Crippen LogP) is 2.07. The molecule has 6 heteroatoms. The number of rotatable bonds is 7. The van der Waals surface area contributed by atoms with Gasteiger partial charge in [0, 0.05) is 6.08 Å². The molecule has 108 valence electrons. The van der Waals surface area contributed by atoms with Gasteiger partial charge in [-0.2, -0.15) is 0 Å². The zero-order chi connectivity index (χ0) is 14.9. The van der Waals surface area contributed by atoms with Crippen LogP contribution in [0.1, 0.15) is 5.69 Å². The number of carboxylic acid groups (broad SMARTS) is 1. The van der Waals surface area contributed by atoms with E-state index in [1.807, 2.05) is 30.3 Å². The normalized spacial score (nSPS) is 10.5. The molecular formula is C15H15N3O3. The van der Waals surface area contributed by atoms with Gasteiger partial charge in [-0.3, -0.25) is 4.98 Å². The number of aromatic nitrogens is 2. The van der Waals surface area contributed by atoms with Crippen molar-refractivity contribution in [1.29, 1.82) is 0 Å². The van der Waals surface area contributed by atoms with E-state index < -0.39 is 5.97 Å². The second-order valence-corrected chi connectivity index (χ2v) is 4.09. The minimum Gasteiger partial charge on any atom is -0.492 e. The molecule has 0 radical (unpaired) electrons. The number of hydrogen-bond donors (Lipinski definition) is 2. The Kier molecular flexibility index (Phi) is 5.28. The van der Waals surface area contributed by atoms with E-state index in [-0.39, 0.29) is 0 Å². The van der Waals surface area contributed by atoms with E-state index in [1.54, 1.807) is 6.20 Å². The van der Waals surface area contributed by atoms with E-state index in [1.165, 1.54) is 12.3 Å². The van der Waals surface area contributed by atoms with Crippen LogP contribution in [0, 0.1) is 0 Å². The van der Waals surface area contributed by atoms with Gasteiger partial charge in [0.2, 0.25) is 0 Å². The van der Waals surface area contributed by atoms with Gasteiger partial charge in [0.25, 0.3) is 0 Å². The van der Waals surface area contributed by atoms with Crippen LogP contribution in [0.5, 0.6) is 5.75 Å². The smallest absolute Gasteiger partial charge is 0.328 e. The van der Waals surface area contributed by atoms with E-state index >= 15 is 0 Å². The summed E-state index contributed by atoms with van der Waals surface area (Å²) in [5, 5.41) is 11.6. The van der Waals surface area contributed by atoms with Gasteiger partial charge in [-0.05, 0) is 18.2 Å². The first-order valence-corrected chi connectivity index (χ1v) is 6.39. The van der Waals surface area contributed by atoms with Crippen molar-refractivity contribution in [2.24, 2.45) is 0 Å². The lowest BCUT2D eigenvalue weighted by Gasteiger charge is -2.07. The maximum absolute atomic E-state index is 10.4. The standard InChI is InChI=1S/C15H15N3O3/c19-15(20)7-6-12-10-18-14(11-17-12)16-8-9-21-13-4-2-1-3-5-13/h1-7,10-11H,8-9H2,(H,16,18)(H,19,20). The first kappa shape index (κ1) is 14.5. The van der Waals surface area contributed by atoms with E-state index in [4.69, 9.17) is 9.84 Å². The van der Waals surface area contributed by atoms with Gasteiger partial charge in [-0.15, -0.1) is 0 Å². The number of benzene rings is 1. The van der Waals surface area contributed by atoms with Crippen molar-refractivity contribution in [2.75, 3.05) is 18.5 Å². The average molecular weight is 285 g/mol. The summed E-state index contributed by atoms with van der Waals surface area (Å²) in [6.07, 6.45) is 5.45. The maximum atomic E-state index is 10.4. The Morgan fingerprint density at radius 2 is 2.05 bits per heavy atom. The molecule has 1 aromatic heterocycles. The summed E-state index contributed by atoms with van der Waals surface area (Å²) in [5.74, 6) is 0.413. The summed E-state index contributed by atoms with van der Waals surface area (Å²) in [5.41, 5.74) is 0.489. The summed E-state index contributed by atoms with van der Waals surface area (Å²) in [4.78, 5) is 18.6. The van der Waals surface area contributed by atoms with Crippen molar-refractivity contribution < 1.29 is 14.6 Å². The molecule has 0 unspecified atom stereocenters. The average Bonchev–Trinajstić information content (AvgIpc) is 2.52. The molecule has 0 aliphatic heterocycles. The number of para-hydroxylation sites is 1. The summed E-state index contributed by atoms with van der Waals surface area (Å²) in [6.45, 7) is 1.10. The minimum atomic E-state index is -1.02. The summed E-state index contributed by atoms with van der Waals surface area (Å²) in [6, 6.07) is 9.54. The Labute approximate surface area is 122 Å². The Bertz CT molecular complexity index is 597. The van der Waals surface area contributed by atoms with Gasteiger partial charge in [-0.25, -0.2) is 9.78 Å². The fourth-order valence-electron chi connectivity index (χ4n) is 1.54. The molecular weight excluding hydrogens is 270 g/mol. The largest absolute Gasteiger partial charge is 0.492 e. The van der Waals surface area contributed by atoms with Crippen molar-refractivity contribution in [1.82, 2.24) is 9.97 Å². The fourth-order valence-corrected chi connectivity index (χ4v) is 1.54. The molecule has 0 aliphatic rings. The lowest BCUT2D eigenvalue weighted by molar-refractivity contribution is -0.131. The molecule has 0 fully saturated rings. The number of anilines is 1. The van der Waals surface area contributed by atoms with E-state index in [0.29, 0.717) is 24.7 Å². The van der Waals surface area contributed by atoms with E-state index in [0.717, 1.165) is 11.8 Å². The molecule has 21 heavy (non-hydrogen) atoms. The maximum Gasteiger partial charge on any atom is 0.328 e. The predicted molar refractivity (Wildman–Crippen MR) is 79.1 cm³/mol. The van der Waals surface area contributed by atoms with E-state index in [2.05, 4.69) is 15.3 Å². The van der Waals surface area contributed by atoms with Crippen molar-refractivity contribution in [3.8, 4) is 5.75 Å². The van der Waals surface area contributed by atoms with Gasteiger partial charge in [0.1, 0.15) is 18.2 Å². The van der Waals surface area contributed by atoms with Crippen LogP contribution in [0.2, 0.25) is 0 Å². The van der Waals surface area contributed by atoms with E-state index in [9.17, 15) is 4.79 Å². The van der Waals surface area contributed by atoms with Crippen LogP contribution in [0.25, 0.3) is 6.08 Å². The topological polar surface area (TPSA) is 84.3 Å². The first-order chi connectivity index (χ1) is 10.2. The van der Waals surface area contributed by atoms with Gasteiger partial charge < -0.3 is 15.2 Å². The lowest BCUT2D eigenvalue weighted by atomic mass is 10.3. The Morgan fingerprint density at radius 1 is 1.24 bits per heavy atom. The fraction of sp³-hybridized carbons (Fsp3) is 0.133. The van der Waals surface area contributed by atoms with Crippen molar-refractivity contribution in [3.63, 3.8) is 0 Å². The number of carbonyl (C=O) groups is 1. The first-order valence-electron chi connectivity index (χ1n) is 6.39. The minimum absolute atomic E-state index is 0.489. The van der Waals surface area contributed by atoms with Crippen LogP contribution in [-0.2, 0) is 4.79 Å². The molecule has 0 saturated carbocycles. The quantitative estimate of drug-likeness (QED) is 0.598. The number of aliphatic carboxylic acids is 1. The second kappa shape index (κ2) is 7.64. The highest BCUT2D eigenvalue weighted by Crippen LogP contribution is 2.08. The molecule has 0 spiro atoms. The van der Waals surface area contributed by atoms with Crippen molar-refractivity contribution >= 4 is 17.9 Å². The molecule has 0 aliphatic carbocycles. The van der Waals surface area contributed by atoms with Crippen molar-refractivity contribution in [3.05, 3.63) is 54.5 Å². The highest BCUT2D eigenvalue weighted by Gasteiger charge is 1.96. The molecule has 2 rings (SSSR count). The molecule has 0 saturated heterocycles. The van der Waals surface area contributed by atoms with Crippen molar-refractivity contribution in [2.45, 2.75) is 0 Å². The van der Waals surface area contributed by atoms with Gasteiger partial charge in [-0.1, -0.05) is 18.2 Å². The molecule has 0 atom stereocenters. The number of ether oxygens (including phenoxy) is 1. The molecule has 1 aromatic carbocycles. The molecule has 1 heterocycles. The molecule has 0 bridgehead atoms. The van der Waals surface area contributed by atoms with Crippen LogP contribution >= 0.6 is 0 Å². The SMILES string of the molecule is O=C(O)C=Cc1cnc(NCCOc2ccccc2)cn1. The zero-order valence-electron chi connectivity index (χ0n) is 11.3. The van der Waals surface area contributed by atoms with Crippen LogP contribution in [0.15, 0.2) is 48.8 Å². The second-order valence-electron chi connectivity index (χ2n) is 4.09. The number of carboxylic acids is 1. The Hall–Kier alpha value is -2.89. The molecule has 2 aromatic rings. The number of nitrogens with one attached hydrogen (secondary N) is 1. The van der Waals surface area contributed by atoms with Gasteiger partial charge in [0.15, 0.2) is 0 Å². The van der Waals surface area contributed by atoms with Crippen LogP contribution < -0.4 is 10.1 Å². The highest BCUT2D eigenvalue weighted by molar-refractivity contribution is 5.84. The lowest BCUT2D eigenvalue weighted by Crippen LogP contribution is -2.12. The number of hydrogen-bond acceptors (Lipinski definition) is 5. The Morgan fingerprint density at radius 3 is 2.71 bits per heavy atom. The number of nitrogens with zero attached hydrogens (tertiary/aromatic N) is 2. The third-order valence-electron chi connectivity index (χ3n) is 2.49. The van der Waals surface area contributed by atoms with Crippen LogP contribution in [-0.4, -0.2) is 34.2 Å². The third-order valence-corrected chi connectivity index (χ3v) is 2.49. The summed E-state index contributed by atoms with van der Waals surface area (Å²) >= 11 is 0.